The van der Waals surface area contributed by atoms with Crippen molar-refractivity contribution in [3.63, 3.8) is 0 Å². The van der Waals surface area contributed by atoms with Gasteiger partial charge in [-0.25, -0.2) is 9.88 Å². The van der Waals surface area contributed by atoms with Crippen LogP contribution in [0.15, 0.2) is 47.6 Å². The number of carbonyl (C=O) groups excluding carboxylic acids is 1. The summed E-state index contributed by atoms with van der Waals surface area (Å²) < 4.78 is 12.7. The van der Waals surface area contributed by atoms with Gasteiger partial charge in [-0.1, -0.05) is 48.3 Å². The molecule has 1 unspecified atom stereocenters. The van der Waals surface area contributed by atoms with Gasteiger partial charge in [-0.3, -0.25) is 4.79 Å². The monoisotopic (exact) mass is 464 g/mol. The van der Waals surface area contributed by atoms with Crippen LogP contribution in [-0.2, 0) is 4.79 Å². The summed E-state index contributed by atoms with van der Waals surface area (Å²) in [5.74, 6) is 1.56. The summed E-state index contributed by atoms with van der Waals surface area (Å²) >= 11 is 1.46. The summed E-state index contributed by atoms with van der Waals surface area (Å²) in [7, 11) is 0. The maximum atomic E-state index is 13.2. The van der Waals surface area contributed by atoms with E-state index in [1.807, 2.05) is 42.5 Å². The van der Waals surface area contributed by atoms with Crippen LogP contribution in [-0.4, -0.2) is 28.5 Å². The Morgan fingerprint density at radius 1 is 1.21 bits per heavy atom. The highest BCUT2D eigenvalue weighted by atomic mass is 32.2. The Kier molecular flexibility index (Phi) is 5.80. The maximum Gasteiger partial charge on any atom is 0.293 e. The van der Waals surface area contributed by atoms with Gasteiger partial charge in [0.25, 0.3) is 17.0 Å². The lowest BCUT2D eigenvalue weighted by Crippen LogP contribution is -2.58. The van der Waals surface area contributed by atoms with Crippen LogP contribution in [0.1, 0.15) is 44.8 Å². The second-order valence-corrected chi connectivity index (χ2v) is 9.00. The molecule has 0 spiro atoms. The Morgan fingerprint density at radius 3 is 2.85 bits per heavy atom. The molecule has 1 aromatic heterocycles. The van der Waals surface area contributed by atoms with Gasteiger partial charge in [0.2, 0.25) is 12.7 Å². The van der Waals surface area contributed by atoms with E-state index in [-0.39, 0.29) is 18.6 Å². The molecule has 0 bridgehead atoms. The quantitative estimate of drug-likeness (QED) is 0.314. The van der Waals surface area contributed by atoms with Crippen LogP contribution in [0.25, 0.3) is 11.3 Å². The Labute approximate surface area is 196 Å². The maximum absolute atomic E-state index is 13.2. The van der Waals surface area contributed by atoms with Gasteiger partial charge in [0.05, 0.1) is 17.1 Å². The summed E-state index contributed by atoms with van der Waals surface area (Å²) in [6.07, 6.45) is 2.59. The van der Waals surface area contributed by atoms with Crippen molar-refractivity contribution in [2.45, 2.75) is 44.4 Å². The molecule has 0 radical (unpaired) electrons. The number of nitrogens with zero attached hydrogens (tertiary/aromatic N) is 4. The molecule has 9 heteroatoms. The van der Waals surface area contributed by atoms with Gasteiger partial charge in [0.15, 0.2) is 11.5 Å². The molecule has 3 aromatic rings. The van der Waals surface area contributed by atoms with Crippen molar-refractivity contribution in [2.75, 3.05) is 17.4 Å². The van der Waals surface area contributed by atoms with Crippen molar-refractivity contribution >= 4 is 23.4 Å². The number of aromatic nitrogens is 3. The number of ether oxygens (including phenoxy) is 2. The lowest BCUT2D eigenvalue weighted by molar-refractivity contribution is -0.764. The minimum atomic E-state index is -0.660. The number of rotatable bonds is 6. The highest BCUT2D eigenvalue weighted by Gasteiger charge is 2.44. The molecule has 1 amide bonds. The average Bonchev–Trinajstić information content (AvgIpc) is 3.28. The Hall–Kier alpha value is -3.33. The highest BCUT2D eigenvalue weighted by Crippen LogP contribution is 2.42. The van der Waals surface area contributed by atoms with Crippen molar-refractivity contribution in [3.8, 4) is 28.6 Å². The molecule has 0 saturated carbocycles. The van der Waals surface area contributed by atoms with E-state index in [1.54, 1.807) is 9.58 Å². The molecule has 5 rings (SSSR count). The van der Waals surface area contributed by atoms with E-state index in [1.165, 1.54) is 18.7 Å². The van der Waals surface area contributed by atoms with E-state index >= 15 is 0 Å². The van der Waals surface area contributed by atoms with Gasteiger partial charge in [-0.15, -0.1) is 0 Å². The molecular weight excluding hydrogens is 440 g/mol. The zero-order chi connectivity index (χ0) is 22.9. The van der Waals surface area contributed by atoms with Gasteiger partial charge in [0.1, 0.15) is 0 Å². The molecule has 3 heterocycles. The number of thioether (sulfide) groups is 1. The number of hydrogen-bond acceptors (Lipinski definition) is 7. The van der Waals surface area contributed by atoms with E-state index in [4.69, 9.17) is 14.6 Å². The first-order valence-corrected chi connectivity index (χ1v) is 12.0. The summed E-state index contributed by atoms with van der Waals surface area (Å²) in [6.45, 7) is 3.81. The fourth-order valence-electron chi connectivity index (χ4n) is 4.23. The Balaban J connectivity index is 1.68. The normalized spacial score (nSPS) is 15.8. The van der Waals surface area contributed by atoms with Crippen molar-refractivity contribution in [3.05, 3.63) is 48.0 Å². The van der Waals surface area contributed by atoms with E-state index in [2.05, 4.69) is 11.9 Å². The smallest absolute Gasteiger partial charge is 0.293 e. The van der Waals surface area contributed by atoms with Crippen molar-refractivity contribution in [1.29, 1.82) is 0 Å². The zero-order valence-electron chi connectivity index (χ0n) is 18.5. The van der Waals surface area contributed by atoms with E-state index < -0.39 is 6.17 Å². The van der Waals surface area contributed by atoms with Crippen molar-refractivity contribution < 1.29 is 24.1 Å². The molecular formula is C24H24N4O4S. The Morgan fingerprint density at radius 2 is 2.03 bits per heavy atom. The van der Waals surface area contributed by atoms with Gasteiger partial charge in [-0.2, -0.15) is 0 Å². The second-order valence-electron chi connectivity index (χ2n) is 7.94. The first-order valence-electron chi connectivity index (χ1n) is 11.0. The predicted molar refractivity (Wildman–Crippen MR) is 121 cm³/mol. The van der Waals surface area contributed by atoms with E-state index in [0.29, 0.717) is 33.6 Å². The van der Waals surface area contributed by atoms with Gasteiger partial charge >= 0.3 is 0 Å². The standard InChI is InChI=1S/C24H24N4O4S/c1-3-4-7-12-33-24-25-22(30)21-17-8-5-6-9-18(17)27(15(2)29)23(28(21)26-24)16-10-11-19-20(13-16)32-14-31-19/h5-6,8-11,13,23H,3-4,7,12,14H2,1-2H3. The predicted octanol–water partition coefficient (Wildman–Crippen LogP) is 3.43. The third-order valence-electron chi connectivity index (χ3n) is 5.73. The fourth-order valence-corrected chi connectivity index (χ4v) is 5.05. The number of benzene rings is 2. The Bertz CT molecular complexity index is 1220. The van der Waals surface area contributed by atoms with Crippen LogP contribution in [0.4, 0.5) is 5.69 Å². The van der Waals surface area contributed by atoms with Crippen LogP contribution in [0, 0.1) is 0 Å². The minimum absolute atomic E-state index is 0.151. The minimum Gasteiger partial charge on any atom is -0.854 e. The summed E-state index contributed by atoms with van der Waals surface area (Å²) in [6, 6.07) is 12.9. The van der Waals surface area contributed by atoms with Gasteiger partial charge < -0.3 is 14.6 Å². The van der Waals surface area contributed by atoms with Crippen LogP contribution in [0.2, 0.25) is 0 Å². The topological polar surface area (TPSA) is 91.5 Å². The fraction of sp³-hybridized carbons (Fsp3) is 0.333. The molecule has 8 nitrogen and oxygen atoms in total. The van der Waals surface area contributed by atoms with E-state index in [0.717, 1.165) is 30.6 Å². The number of carbonyl (C=O) groups is 1. The average molecular weight is 465 g/mol. The second kappa shape index (κ2) is 8.90. The van der Waals surface area contributed by atoms with Gasteiger partial charge in [-0.05, 0) is 36.8 Å². The lowest BCUT2D eigenvalue weighted by Gasteiger charge is -2.32. The molecule has 2 aliphatic heterocycles. The molecule has 1 atom stereocenters. The SMILES string of the molecule is CCCCCSc1nc([O-])c2[n+](n1)C(c1ccc3c(c1)OCO3)N(C(C)=O)c1ccccc1-2. The van der Waals surface area contributed by atoms with E-state index in [9.17, 15) is 9.90 Å². The molecule has 0 N–H and O–H groups in total. The molecule has 0 aliphatic carbocycles. The van der Waals surface area contributed by atoms with Crippen molar-refractivity contribution in [1.82, 2.24) is 10.1 Å². The molecule has 33 heavy (non-hydrogen) atoms. The van der Waals surface area contributed by atoms with Crippen LogP contribution < -0.4 is 24.2 Å². The van der Waals surface area contributed by atoms with Gasteiger partial charge in [0, 0.05) is 23.3 Å². The molecule has 0 fully saturated rings. The van der Waals surface area contributed by atoms with Crippen LogP contribution in [0.5, 0.6) is 17.4 Å². The number of hydrogen-bond donors (Lipinski definition) is 0. The number of amides is 1. The molecule has 0 saturated heterocycles. The third kappa shape index (κ3) is 3.86. The first-order chi connectivity index (χ1) is 16.1. The highest BCUT2D eigenvalue weighted by molar-refractivity contribution is 7.99. The third-order valence-corrected chi connectivity index (χ3v) is 6.65. The number of para-hydroxylation sites is 1. The number of anilines is 1. The largest absolute Gasteiger partial charge is 0.854 e. The zero-order valence-corrected chi connectivity index (χ0v) is 19.3. The molecule has 170 valence electrons. The van der Waals surface area contributed by atoms with Crippen LogP contribution in [0.3, 0.4) is 0 Å². The van der Waals surface area contributed by atoms with Crippen molar-refractivity contribution in [2.24, 2.45) is 0 Å². The lowest BCUT2D eigenvalue weighted by atomic mass is 10.0. The molecule has 2 aromatic carbocycles. The number of fused-ring (bicyclic) bond motifs is 4. The van der Waals surface area contributed by atoms with Crippen LogP contribution >= 0.6 is 11.8 Å². The summed E-state index contributed by atoms with van der Waals surface area (Å²) in [4.78, 5) is 18.9. The molecule has 2 aliphatic rings. The summed E-state index contributed by atoms with van der Waals surface area (Å²) in [5.41, 5.74) is 2.41. The first kappa shape index (κ1) is 21.5. The summed E-state index contributed by atoms with van der Waals surface area (Å²) in [5, 5.41) is 18.4. The number of unbranched alkanes of at least 4 members (excludes halogenated alkanes) is 2.